The summed E-state index contributed by atoms with van der Waals surface area (Å²) >= 11 is 1.85. The highest BCUT2D eigenvalue weighted by molar-refractivity contribution is 7.11. The van der Waals surface area contributed by atoms with Gasteiger partial charge in [0.15, 0.2) is 0 Å². The molecule has 0 fully saturated rings. The van der Waals surface area contributed by atoms with Gasteiger partial charge in [0.1, 0.15) is 5.01 Å². The topological polar surface area (TPSA) is 19.4 Å². The third kappa shape index (κ3) is 3.40. The number of fused-ring (bicyclic) bond motifs is 1. The van der Waals surface area contributed by atoms with Crippen molar-refractivity contribution in [1.82, 2.24) is 14.8 Å². The standard InChI is InChI=1S/C18H25N3S/c1-4-17-16-8-6-5-7-14(16)9-10-21(17)13-18-19-11-15(22-18)12-20(2)3/h5-8,11,17H,4,9-10,12-13H2,1-3H3. The number of benzene rings is 1. The Morgan fingerprint density at radius 2 is 2.14 bits per heavy atom. The Balaban J connectivity index is 1.74. The first-order valence-electron chi connectivity index (χ1n) is 8.07. The summed E-state index contributed by atoms with van der Waals surface area (Å²) < 4.78 is 0. The van der Waals surface area contributed by atoms with Crippen LogP contribution in [0.4, 0.5) is 0 Å². The molecule has 1 atom stereocenters. The Morgan fingerprint density at radius 3 is 2.91 bits per heavy atom. The zero-order valence-corrected chi connectivity index (χ0v) is 14.6. The van der Waals surface area contributed by atoms with E-state index in [-0.39, 0.29) is 0 Å². The summed E-state index contributed by atoms with van der Waals surface area (Å²) in [5.41, 5.74) is 3.04. The zero-order chi connectivity index (χ0) is 15.5. The fourth-order valence-electron chi connectivity index (χ4n) is 3.35. The van der Waals surface area contributed by atoms with E-state index in [1.807, 2.05) is 17.5 Å². The van der Waals surface area contributed by atoms with E-state index in [1.165, 1.54) is 21.0 Å². The molecule has 0 bridgehead atoms. The number of thiazole rings is 1. The van der Waals surface area contributed by atoms with Crippen molar-refractivity contribution >= 4 is 11.3 Å². The van der Waals surface area contributed by atoms with E-state index in [1.54, 1.807) is 0 Å². The molecule has 1 aliphatic heterocycles. The average molecular weight is 315 g/mol. The van der Waals surface area contributed by atoms with E-state index in [0.717, 1.165) is 32.5 Å². The molecule has 3 rings (SSSR count). The Kier molecular flexibility index (Phi) is 4.91. The first-order valence-corrected chi connectivity index (χ1v) is 8.89. The summed E-state index contributed by atoms with van der Waals surface area (Å²) in [7, 11) is 4.21. The fourth-order valence-corrected chi connectivity index (χ4v) is 4.42. The second-order valence-electron chi connectivity index (χ2n) is 6.30. The highest BCUT2D eigenvalue weighted by atomic mass is 32.1. The number of hydrogen-bond acceptors (Lipinski definition) is 4. The SMILES string of the molecule is CCC1c2ccccc2CCN1Cc1ncc(CN(C)C)s1. The molecule has 0 radical (unpaired) electrons. The molecule has 0 saturated heterocycles. The second kappa shape index (κ2) is 6.90. The van der Waals surface area contributed by atoms with Gasteiger partial charge in [0.2, 0.25) is 0 Å². The molecule has 2 heterocycles. The molecule has 4 heteroatoms. The molecule has 1 unspecified atom stereocenters. The van der Waals surface area contributed by atoms with Gasteiger partial charge in [0.25, 0.3) is 0 Å². The van der Waals surface area contributed by atoms with Crippen LogP contribution >= 0.6 is 11.3 Å². The van der Waals surface area contributed by atoms with Crippen molar-refractivity contribution < 1.29 is 0 Å². The van der Waals surface area contributed by atoms with Crippen LogP contribution in [0.2, 0.25) is 0 Å². The maximum absolute atomic E-state index is 4.64. The van der Waals surface area contributed by atoms with Crippen molar-refractivity contribution in [1.29, 1.82) is 0 Å². The number of rotatable bonds is 5. The lowest BCUT2D eigenvalue weighted by Crippen LogP contribution is -2.34. The van der Waals surface area contributed by atoms with Gasteiger partial charge in [-0.15, -0.1) is 11.3 Å². The van der Waals surface area contributed by atoms with Crippen LogP contribution in [0.5, 0.6) is 0 Å². The van der Waals surface area contributed by atoms with E-state index in [4.69, 9.17) is 0 Å². The second-order valence-corrected chi connectivity index (χ2v) is 7.50. The normalized spacial score (nSPS) is 18.6. The summed E-state index contributed by atoms with van der Waals surface area (Å²) in [6.07, 6.45) is 4.36. The molecule has 3 nitrogen and oxygen atoms in total. The van der Waals surface area contributed by atoms with Gasteiger partial charge in [-0.1, -0.05) is 31.2 Å². The largest absolute Gasteiger partial charge is 0.304 e. The van der Waals surface area contributed by atoms with Crippen molar-refractivity contribution in [2.24, 2.45) is 0 Å². The molecule has 0 amide bonds. The smallest absolute Gasteiger partial charge is 0.107 e. The third-order valence-electron chi connectivity index (χ3n) is 4.32. The quantitative estimate of drug-likeness (QED) is 0.838. The lowest BCUT2D eigenvalue weighted by Gasteiger charge is -2.36. The Bertz CT molecular complexity index is 620. The van der Waals surface area contributed by atoms with E-state index in [2.05, 4.69) is 60.1 Å². The van der Waals surface area contributed by atoms with Crippen LogP contribution < -0.4 is 0 Å². The van der Waals surface area contributed by atoms with Crippen LogP contribution in [0.3, 0.4) is 0 Å². The van der Waals surface area contributed by atoms with E-state index in [9.17, 15) is 0 Å². The Labute approximate surface area is 137 Å². The summed E-state index contributed by atoms with van der Waals surface area (Å²) in [6.45, 7) is 5.39. The zero-order valence-electron chi connectivity index (χ0n) is 13.7. The van der Waals surface area contributed by atoms with Crippen LogP contribution in [-0.4, -0.2) is 35.4 Å². The van der Waals surface area contributed by atoms with Gasteiger partial charge in [-0.05, 0) is 38.1 Å². The lowest BCUT2D eigenvalue weighted by molar-refractivity contribution is 0.171. The van der Waals surface area contributed by atoms with Gasteiger partial charge in [-0.25, -0.2) is 4.98 Å². The van der Waals surface area contributed by atoms with Crippen LogP contribution in [-0.2, 0) is 19.5 Å². The van der Waals surface area contributed by atoms with Crippen molar-refractivity contribution in [3.8, 4) is 0 Å². The Morgan fingerprint density at radius 1 is 1.32 bits per heavy atom. The molecule has 0 spiro atoms. The highest BCUT2D eigenvalue weighted by Crippen LogP contribution is 2.33. The van der Waals surface area contributed by atoms with Gasteiger partial charge in [0, 0.05) is 30.2 Å². The lowest BCUT2D eigenvalue weighted by atomic mass is 9.91. The van der Waals surface area contributed by atoms with Crippen LogP contribution in [0, 0.1) is 0 Å². The molecule has 1 aromatic heterocycles. The summed E-state index contributed by atoms with van der Waals surface area (Å²) in [5.74, 6) is 0. The minimum atomic E-state index is 0.533. The molecule has 1 aliphatic rings. The average Bonchev–Trinajstić information content (AvgIpc) is 2.93. The summed E-state index contributed by atoms with van der Waals surface area (Å²) in [4.78, 5) is 10.8. The molecule has 118 valence electrons. The maximum atomic E-state index is 4.64. The van der Waals surface area contributed by atoms with Gasteiger partial charge in [0.05, 0.1) is 6.54 Å². The van der Waals surface area contributed by atoms with Crippen LogP contribution in [0.15, 0.2) is 30.5 Å². The maximum Gasteiger partial charge on any atom is 0.107 e. The summed E-state index contributed by atoms with van der Waals surface area (Å²) in [6, 6.07) is 9.45. The van der Waals surface area contributed by atoms with Crippen molar-refractivity contribution in [2.45, 2.75) is 38.9 Å². The molecule has 0 saturated carbocycles. The first-order chi connectivity index (χ1) is 10.7. The third-order valence-corrected chi connectivity index (χ3v) is 5.29. The van der Waals surface area contributed by atoms with Crippen molar-refractivity contribution in [3.05, 3.63) is 51.5 Å². The van der Waals surface area contributed by atoms with Gasteiger partial charge in [-0.3, -0.25) is 4.90 Å². The van der Waals surface area contributed by atoms with Crippen molar-refractivity contribution in [3.63, 3.8) is 0 Å². The minimum absolute atomic E-state index is 0.533. The van der Waals surface area contributed by atoms with E-state index >= 15 is 0 Å². The van der Waals surface area contributed by atoms with Crippen molar-refractivity contribution in [2.75, 3.05) is 20.6 Å². The predicted octanol–water partition coefficient (Wildman–Crippen LogP) is 3.71. The monoisotopic (exact) mass is 315 g/mol. The Hall–Kier alpha value is -1.23. The highest BCUT2D eigenvalue weighted by Gasteiger charge is 2.26. The molecule has 0 aliphatic carbocycles. The van der Waals surface area contributed by atoms with E-state index in [0.29, 0.717) is 6.04 Å². The molecular formula is C18H25N3S. The van der Waals surface area contributed by atoms with E-state index < -0.39 is 0 Å². The molecule has 0 N–H and O–H groups in total. The van der Waals surface area contributed by atoms with Gasteiger partial charge in [-0.2, -0.15) is 0 Å². The van der Waals surface area contributed by atoms with Gasteiger partial charge >= 0.3 is 0 Å². The van der Waals surface area contributed by atoms with Gasteiger partial charge < -0.3 is 4.90 Å². The molecule has 1 aromatic carbocycles. The van der Waals surface area contributed by atoms with Crippen LogP contribution in [0.25, 0.3) is 0 Å². The fraction of sp³-hybridized carbons (Fsp3) is 0.500. The first kappa shape index (κ1) is 15.7. The minimum Gasteiger partial charge on any atom is -0.304 e. The molecule has 2 aromatic rings. The number of nitrogens with zero attached hydrogens (tertiary/aromatic N) is 3. The van der Waals surface area contributed by atoms with Crippen LogP contribution in [0.1, 0.15) is 40.4 Å². The number of aromatic nitrogens is 1. The predicted molar refractivity (Wildman–Crippen MR) is 93.1 cm³/mol. The molecular weight excluding hydrogens is 290 g/mol. The molecule has 22 heavy (non-hydrogen) atoms. The summed E-state index contributed by atoms with van der Waals surface area (Å²) in [5, 5.41) is 1.25. The number of hydrogen-bond donors (Lipinski definition) is 0.